The van der Waals surface area contributed by atoms with Crippen LogP contribution in [0.5, 0.6) is 0 Å². The molecule has 130 valence electrons. The van der Waals surface area contributed by atoms with Crippen molar-refractivity contribution in [3.8, 4) is 0 Å². The van der Waals surface area contributed by atoms with Crippen LogP contribution in [0.15, 0.2) is 46.7 Å². The Bertz CT molecular complexity index is 871. The second kappa shape index (κ2) is 7.91. The van der Waals surface area contributed by atoms with E-state index in [2.05, 4.69) is 20.5 Å². The topological polar surface area (TPSA) is 93.9 Å². The normalized spacial score (nSPS) is 11.0. The third-order valence-electron chi connectivity index (χ3n) is 3.66. The van der Waals surface area contributed by atoms with Gasteiger partial charge in [0, 0.05) is 35.6 Å². The van der Waals surface area contributed by atoms with E-state index in [1.54, 1.807) is 29.7 Å². The van der Waals surface area contributed by atoms with E-state index in [0.29, 0.717) is 19.6 Å². The van der Waals surface area contributed by atoms with Gasteiger partial charge in [0.05, 0.1) is 6.54 Å². The van der Waals surface area contributed by atoms with E-state index >= 15 is 0 Å². The summed E-state index contributed by atoms with van der Waals surface area (Å²) in [7, 11) is 1.95. The molecule has 0 aliphatic rings. The Hall–Kier alpha value is -2.71. The molecule has 0 saturated carbocycles. The lowest BCUT2D eigenvalue weighted by molar-refractivity contribution is 0.0949. The number of carbonyl (C=O) groups excluding carboxylic acids is 1. The lowest BCUT2D eigenvalue weighted by Gasteiger charge is -2.15. The molecule has 3 aromatic heterocycles. The maximum Gasteiger partial charge on any atom is 0.261 e. The van der Waals surface area contributed by atoms with Crippen molar-refractivity contribution in [3.05, 3.63) is 74.1 Å². The van der Waals surface area contributed by atoms with Crippen molar-refractivity contribution in [2.24, 2.45) is 0 Å². The second-order valence-electron chi connectivity index (χ2n) is 5.74. The lowest BCUT2D eigenvalue weighted by atomic mass is 10.2. The van der Waals surface area contributed by atoms with Gasteiger partial charge in [-0.3, -0.25) is 19.6 Å². The van der Waals surface area contributed by atoms with Crippen molar-refractivity contribution in [3.63, 3.8) is 0 Å². The molecule has 0 radical (unpaired) electrons. The molecule has 0 fully saturated rings. The number of nitrogens with one attached hydrogen (secondary N) is 3. The molecule has 25 heavy (non-hydrogen) atoms. The van der Waals surface area contributed by atoms with Gasteiger partial charge in [0.25, 0.3) is 11.5 Å². The molecule has 0 unspecified atom stereocenters. The van der Waals surface area contributed by atoms with E-state index in [-0.39, 0.29) is 17.0 Å². The van der Waals surface area contributed by atoms with Gasteiger partial charge in [-0.25, -0.2) is 0 Å². The first-order chi connectivity index (χ1) is 12.1. The van der Waals surface area contributed by atoms with Gasteiger partial charge in [-0.05, 0) is 36.7 Å². The summed E-state index contributed by atoms with van der Waals surface area (Å²) < 4.78 is 0. The molecule has 0 aromatic carbocycles. The minimum atomic E-state index is -0.379. The van der Waals surface area contributed by atoms with Crippen molar-refractivity contribution < 1.29 is 4.79 Å². The maximum absolute atomic E-state index is 12.2. The van der Waals surface area contributed by atoms with Crippen LogP contribution in [0.1, 0.15) is 26.6 Å². The number of aromatic nitrogens is 3. The number of nitrogens with zero attached hydrogens (tertiary/aromatic N) is 2. The van der Waals surface area contributed by atoms with Gasteiger partial charge in [-0.1, -0.05) is 6.07 Å². The molecule has 3 N–H and O–H groups in total. The SMILES string of the molecule is CN(Cc1ccn[nH]1)Cc1ccc(C(=O)NCc2cccs2)c(=O)[nH]1. The molecule has 3 rings (SSSR count). The van der Waals surface area contributed by atoms with Crippen molar-refractivity contribution in [1.82, 2.24) is 25.4 Å². The number of carbonyl (C=O) groups is 1. The van der Waals surface area contributed by atoms with Crippen molar-refractivity contribution in [1.29, 1.82) is 0 Å². The Labute approximate surface area is 148 Å². The Morgan fingerprint density at radius 1 is 1.24 bits per heavy atom. The van der Waals surface area contributed by atoms with E-state index in [1.807, 2.05) is 35.5 Å². The van der Waals surface area contributed by atoms with E-state index < -0.39 is 0 Å². The standard InChI is InChI=1S/C17H19N5O2S/c1-22(11-13-6-7-19-21-13)10-12-4-5-15(17(24)20-12)16(23)18-9-14-3-2-8-25-14/h2-8H,9-11H2,1H3,(H,18,23)(H,19,21)(H,20,24). The molecule has 0 aliphatic heterocycles. The van der Waals surface area contributed by atoms with Crippen molar-refractivity contribution in [2.45, 2.75) is 19.6 Å². The summed E-state index contributed by atoms with van der Waals surface area (Å²) in [6, 6.07) is 9.11. The lowest BCUT2D eigenvalue weighted by Crippen LogP contribution is -2.30. The molecule has 8 heteroatoms. The summed E-state index contributed by atoms with van der Waals surface area (Å²) in [5.41, 5.74) is 1.49. The summed E-state index contributed by atoms with van der Waals surface area (Å²) in [5, 5.41) is 11.5. The van der Waals surface area contributed by atoms with Gasteiger partial charge in [-0.15, -0.1) is 11.3 Å². The fourth-order valence-corrected chi connectivity index (χ4v) is 3.12. The molecule has 7 nitrogen and oxygen atoms in total. The number of pyridine rings is 1. The highest BCUT2D eigenvalue weighted by Crippen LogP contribution is 2.08. The fraction of sp³-hybridized carbons (Fsp3) is 0.235. The number of H-pyrrole nitrogens is 2. The third kappa shape index (κ3) is 4.65. The monoisotopic (exact) mass is 357 g/mol. The van der Waals surface area contributed by atoms with Crippen LogP contribution in [0, 0.1) is 0 Å². The van der Waals surface area contributed by atoms with E-state index in [0.717, 1.165) is 16.3 Å². The third-order valence-corrected chi connectivity index (χ3v) is 4.53. The van der Waals surface area contributed by atoms with Gasteiger partial charge >= 0.3 is 0 Å². The largest absolute Gasteiger partial charge is 0.347 e. The Morgan fingerprint density at radius 3 is 2.76 bits per heavy atom. The van der Waals surface area contributed by atoms with E-state index in [9.17, 15) is 9.59 Å². The zero-order chi connectivity index (χ0) is 17.6. The highest BCUT2D eigenvalue weighted by Gasteiger charge is 2.12. The first kappa shape index (κ1) is 17.1. The number of hydrogen-bond donors (Lipinski definition) is 3. The molecule has 0 aliphatic carbocycles. The van der Waals surface area contributed by atoms with E-state index in [4.69, 9.17) is 0 Å². The highest BCUT2D eigenvalue weighted by atomic mass is 32.1. The van der Waals surface area contributed by atoms with Crippen LogP contribution in [0.3, 0.4) is 0 Å². The molecule has 3 heterocycles. The van der Waals surface area contributed by atoms with Gasteiger partial charge in [0.15, 0.2) is 0 Å². The van der Waals surface area contributed by atoms with Crippen LogP contribution in [-0.4, -0.2) is 33.0 Å². The number of thiophene rings is 1. The first-order valence-corrected chi connectivity index (χ1v) is 8.69. The van der Waals surface area contributed by atoms with Crippen LogP contribution in [0.2, 0.25) is 0 Å². The molecular weight excluding hydrogens is 338 g/mol. The summed E-state index contributed by atoms with van der Waals surface area (Å²) in [5.74, 6) is -0.369. The quantitative estimate of drug-likeness (QED) is 0.600. The molecule has 3 aromatic rings. The maximum atomic E-state index is 12.2. The van der Waals surface area contributed by atoms with Gasteiger partial charge in [0.1, 0.15) is 5.56 Å². The number of hydrogen-bond acceptors (Lipinski definition) is 5. The zero-order valence-electron chi connectivity index (χ0n) is 13.8. The van der Waals surface area contributed by atoms with Crippen LogP contribution in [-0.2, 0) is 19.6 Å². The zero-order valence-corrected chi connectivity index (χ0v) is 14.6. The average molecular weight is 357 g/mol. The fourth-order valence-electron chi connectivity index (χ4n) is 2.47. The summed E-state index contributed by atoms with van der Waals surface area (Å²) in [6.07, 6.45) is 1.70. The smallest absolute Gasteiger partial charge is 0.261 e. The minimum Gasteiger partial charge on any atom is -0.347 e. The van der Waals surface area contributed by atoms with Gasteiger partial charge in [0.2, 0.25) is 0 Å². The summed E-state index contributed by atoms with van der Waals surface area (Å²) in [4.78, 5) is 30.2. The first-order valence-electron chi connectivity index (χ1n) is 7.81. The Balaban J connectivity index is 1.60. The second-order valence-corrected chi connectivity index (χ2v) is 6.77. The predicted octanol–water partition coefficient (Wildman–Crippen LogP) is 1.72. The molecule has 0 saturated heterocycles. The van der Waals surface area contributed by atoms with Gasteiger partial charge < -0.3 is 10.3 Å². The molecule has 0 bridgehead atoms. The van der Waals surface area contributed by atoms with Crippen LogP contribution in [0.4, 0.5) is 0 Å². The molecule has 1 amide bonds. The van der Waals surface area contributed by atoms with Crippen LogP contribution >= 0.6 is 11.3 Å². The van der Waals surface area contributed by atoms with Crippen LogP contribution in [0.25, 0.3) is 0 Å². The van der Waals surface area contributed by atoms with E-state index in [1.165, 1.54) is 0 Å². The van der Waals surface area contributed by atoms with Crippen molar-refractivity contribution >= 4 is 17.2 Å². The Kier molecular flexibility index (Phi) is 5.42. The summed E-state index contributed by atoms with van der Waals surface area (Å²) >= 11 is 1.56. The minimum absolute atomic E-state index is 0.122. The number of rotatable bonds is 7. The van der Waals surface area contributed by atoms with Gasteiger partial charge in [-0.2, -0.15) is 5.10 Å². The number of amides is 1. The van der Waals surface area contributed by atoms with Crippen molar-refractivity contribution in [2.75, 3.05) is 7.05 Å². The summed E-state index contributed by atoms with van der Waals surface area (Å²) in [6.45, 7) is 1.67. The highest BCUT2D eigenvalue weighted by molar-refractivity contribution is 7.09. The Morgan fingerprint density at radius 2 is 2.08 bits per heavy atom. The number of aromatic amines is 2. The average Bonchev–Trinajstić information content (AvgIpc) is 3.26. The van der Waals surface area contributed by atoms with Crippen LogP contribution < -0.4 is 10.9 Å². The molecular formula is C17H19N5O2S. The predicted molar refractivity (Wildman–Crippen MR) is 96.3 cm³/mol. The molecule has 0 spiro atoms. The molecule has 0 atom stereocenters.